The molecule has 0 unspecified atom stereocenters. The van der Waals surface area contributed by atoms with Crippen molar-refractivity contribution in [2.75, 3.05) is 5.32 Å². The molecule has 5 heteroatoms. The molecule has 1 aromatic heterocycles. The van der Waals surface area contributed by atoms with Gasteiger partial charge in [0.25, 0.3) is 5.56 Å². The molecule has 2 aromatic rings. The van der Waals surface area contributed by atoms with E-state index >= 15 is 0 Å². The van der Waals surface area contributed by atoms with Gasteiger partial charge in [0.1, 0.15) is 5.69 Å². The fourth-order valence-corrected chi connectivity index (χ4v) is 2.01. The monoisotopic (exact) mass is 272 g/mol. The Kier molecular flexibility index (Phi) is 3.61. The van der Waals surface area contributed by atoms with E-state index in [4.69, 9.17) is 0 Å². The minimum absolute atomic E-state index is 0.207. The molecule has 0 bridgehead atoms. The quantitative estimate of drug-likeness (QED) is 0.882. The minimum atomic E-state index is -0.322. The second-order valence-corrected chi connectivity index (χ2v) is 5.99. The Morgan fingerprint density at radius 3 is 2.20 bits per heavy atom. The molecule has 0 atom stereocenters. The van der Waals surface area contributed by atoms with Crippen LogP contribution in [-0.4, -0.2) is 15.2 Å². The van der Waals surface area contributed by atoms with Crippen LogP contribution < -0.4 is 10.9 Å². The van der Waals surface area contributed by atoms with Crippen molar-refractivity contribution in [3.8, 4) is 0 Å². The number of aromatic nitrogens is 3. The largest absolute Gasteiger partial charge is 0.324 e. The number of nitrogens with zero attached hydrogens (tertiary/aromatic N) is 2. The Morgan fingerprint density at radius 2 is 1.70 bits per heavy atom. The molecular formula is C15H20N4O. The number of aryl methyl sites for hydroxylation is 2. The molecule has 0 amide bonds. The molecule has 0 aliphatic rings. The summed E-state index contributed by atoms with van der Waals surface area (Å²) in [7, 11) is 0. The van der Waals surface area contributed by atoms with Gasteiger partial charge in [-0.3, -0.25) is 9.78 Å². The van der Waals surface area contributed by atoms with E-state index in [1.165, 1.54) is 0 Å². The normalized spacial score (nSPS) is 11.4. The van der Waals surface area contributed by atoms with E-state index in [0.29, 0.717) is 11.6 Å². The van der Waals surface area contributed by atoms with Crippen LogP contribution in [0, 0.1) is 13.8 Å². The number of hydrogen-bond donors (Lipinski definition) is 2. The Hall–Kier alpha value is -2.17. The van der Waals surface area contributed by atoms with Crippen molar-refractivity contribution in [3.63, 3.8) is 0 Å². The van der Waals surface area contributed by atoms with Crippen LogP contribution in [0.3, 0.4) is 0 Å². The first-order valence-corrected chi connectivity index (χ1v) is 6.60. The first-order chi connectivity index (χ1) is 9.29. The highest BCUT2D eigenvalue weighted by atomic mass is 16.1. The van der Waals surface area contributed by atoms with Crippen LogP contribution >= 0.6 is 0 Å². The third-order valence-electron chi connectivity index (χ3n) is 3.13. The summed E-state index contributed by atoms with van der Waals surface area (Å²) in [6.45, 7) is 9.81. The van der Waals surface area contributed by atoms with Crippen molar-refractivity contribution in [1.82, 2.24) is 15.2 Å². The van der Waals surface area contributed by atoms with Crippen LogP contribution in [0.1, 0.15) is 37.6 Å². The van der Waals surface area contributed by atoms with Crippen molar-refractivity contribution in [2.24, 2.45) is 0 Å². The molecule has 0 radical (unpaired) electrons. The van der Waals surface area contributed by atoms with E-state index in [1.54, 1.807) is 0 Å². The van der Waals surface area contributed by atoms with Gasteiger partial charge >= 0.3 is 0 Å². The van der Waals surface area contributed by atoms with Crippen molar-refractivity contribution in [2.45, 2.75) is 40.0 Å². The molecule has 20 heavy (non-hydrogen) atoms. The van der Waals surface area contributed by atoms with Gasteiger partial charge < -0.3 is 5.32 Å². The van der Waals surface area contributed by atoms with E-state index in [1.807, 2.05) is 52.8 Å². The summed E-state index contributed by atoms with van der Waals surface area (Å²) in [5.74, 6) is 0.361. The Bertz CT molecular complexity index is 663. The molecule has 0 saturated heterocycles. The predicted octanol–water partition coefficient (Wildman–Crippen LogP) is 2.82. The summed E-state index contributed by atoms with van der Waals surface area (Å²) in [4.78, 5) is 14.8. The zero-order chi connectivity index (χ0) is 14.9. The highest BCUT2D eigenvalue weighted by Crippen LogP contribution is 2.22. The maximum absolute atomic E-state index is 12.0. The molecule has 0 fully saturated rings. The summed E-state index contributed by atoms with van der Waals surface area (Å²) in [5, 5.41) is 11.2. The first kappa shape index (κ1) is 14.2. The third-order valence-corrected chi connectivity index (χ3v) is 3.13. The second-order valence-electron chi connectivity index (χ2n) is 5.99. The van der Waals surface area contributed by atoms with E-state index in [-0.39, 0.29) is 11.0 Å². The average Bonchev–Trinajstić information content (AvgIpc) is 2.32. The zero-order valence-corrected chi connectivity index (χ0v) is 12.5. The van der Waals surface area contributed by atoms with E-state index in [9.17, 15) is 4.79 Å². The van der Waals surface area contributed by atoms with Crippen LogP contribution in [-0.2, 0) is 5.41 Å². The van der Waals surface area contributed by atoms with Crippen LogP contribution in [0.2, 0.25) is 0 Å². The van der Waals surface area contributed by atoms with Gasteiger partial charge in [0.05, 0.1) is 0 Å². The summed E-state index contributed by atoms with van der Waals surface area (Å²) in [6.07, 6.45) is 0. The average molecular weight is 272 g/mol. The van der Waals surface area contributed by atoms with E-state index < -0.39 is 0 Å². The van der Waals surface area contributed by atoms with Crippen LogP contribution in [0.5, 0.6) is 0 Å². The van der Waals surface area contributed by atoms with Gasteiger partial charge in [-0.2, -0.15) is 0 Å². The zero-order valence-electron chi connectivity index (χ0n) is 12.5. The minimum Gasteiger partial charge on any atom is -0.324 e. The van der Waals surface area contributed by atoms with Crippen molar-refractivity contribution in [1.29, 1.82) is 0 Å². The van der Waals surface area contributed by atoms with Crippen molar-refractivity contribution >= 4 is 11.6 Å². The van der Waals surface area contributed by atoms with Gasteiger partial charge in [-0.1, -0.05) is 39.0 Å². The fraction of sp³-hybridized carbons (Fsp3) is 0.400. The molecular weight excluding hydrogens is 252 g/mol. The highest BCUT2D eigenvalue weighted by molar-refractivity contribution is 5.62. The molecule has 2 N–H and O–H groups in total. The molecule has 1 aromatic carbocycles. The number of H-pyrrole nitrogens is 1. The topological polar surface area (TPSA) is 70.7 Å². The molecule has 0 aliphatic carbocycles. The van der Waals surface area contributed by atoms with Gasteiger partial charge in [-0.25, -0.2) is 0 Å². The molecule has 2 rings (SSSR count). The molecule has 0 saturated carbocycles. The second kappa shape index (κ2) is 5.07. The molecule has 5 nitrogen and oxygen atoms in total. The lowest BCUT2D eigenvalue weighted by Gasteiger charge is -2.16. The molecule has 1 heterocycles. The predicted molar refractivity (Wildman–Crippen MR) is 80.6 cm³/mol. The molecule has 0 spiro atoms. The summed E-state index contributed by atoms with van der Waals surface area (Å²) >= 11 is 0. The highest BCUT2D eigenvalue weighted by Gasteiger charge is 2.20. The number of nitrogens with one attached hydrogen (secondary N) is 2. The standard InChI is InChI=1S/C15H20N4O/c1-9-7-6-8-10(2)11(9)16-14-17-13(20)12(18-19-14)15(3,4)5/h6-8H,1-5H3,(H2,16,17,19,20). The van der Waals surface area contributed by atoms with E-state index in [2.05, 4.69) is 20.5 Å². The van der Waals surface area contributed by atoms with Crippen molar-refractivity contribution in [3.05, 3.63) is 45.4 Å². The van der Waals surface area contributed by atoms with Crippen LogP contribution in [0.4, 0.5) is 11.6 Å². The number of anilines is 2. The Balaban J connectivity index is 2.37. The Labute approximate surface area is 118 Å². The maximum atomic E-state index is 12.0. The van der Waals surface area contributed by atoms with Crippen LogP contribution in [0.25, 0.3) is 0 Å². The summed E-state index contributed by atoms with van der Waals surface area (Å²) in [5.41, 5.74) is 3.03. The van der Waals surface area contributed by atoms with Gasteiger partial charge in [-0.05, 0) is 25.0 Å². The molecule has 106 valence electrons. The lowest BCUT2D eigenvalue weighted by atomic mass is 9.93. The van der Waals surface area contributed by atoms with Gasteiger partial charge in [0.15, 0.2) is 0 Å². The van der Waals surface area contributed by atoms with Gasteiger partial charge in [0, 0.05) is 11.1 Å². The lowest BCUT2D eigenvalue weighted by molar-refractivity contribution is 0.547. The lowest BCUT2D eigenvalue weighted by Crippen LogP contribution is -2.28. The number of benzene rings is 1. The van der Waals surface area contributed by atoms with E-state index in [0.717, 1.165) is 16.8 Å². The third kappa shape index (κ3) is 2.87. The number of para-hydroxylation sites is 1. The maximum Gasteiger partial charge on any atom is 0.274 e. The fourth-order valence-electron chi connectivity index (χ4n) is 2.01. The number of rotatable bonds is 2. The van der Waals surface area contributed by atoms with Gasteiger partial charge in [0.2, 0.25) is 5.95 Å². The Morgan fingerprint density at radius 1 is 1.10 bits per heavy atom. The smallest absolute Gasteiger partial charge is 0.274 e. The van der Waals surface area contributed by atoms with Crippen LogP contribution in [0.15, 0.2) is 23.0 Å². The number of aromatic amines is 1. The first-order valence-electron chi connectivity index (χ1n) is 6.60. The van der Waals surface area contributed by atoms with Crippen molar-refractivity contribution < 1.29 is 0 Å². The van der Waals surface area contributed by atoms with Gasteiger partial charge in [-0.15, -0.1) is 10.2 Å². The SMILES string of the molecule is Cc1cccc(C)c1Nc1nnc(C(C)(C)C)c(=O)[nH]1. The summed E-state index contributed by atoms with van der Waals surface area (Å²) < 4.78 is 0. The molecule has 0 aliphatic heterocycles. The number of hydrogen-bond acceptors (Lipinski definition) is 4. The summed E-state index contributed by atoms with van der Waals surface area (Å²) in [6, 6.07) is 6.00.